The summed E-state index contributed by atoms with van der Waals surface area (Å²) in [6, 6.07) is 11.9. The van der Waals surface area contributed by atoms with Crippen LogP contribution in [0.2, 0.25) is 0 Å². The van der Waals surface area contributed by atoms with E-state index in [0.29, 0.717) is 140 Å². The van der Waals surface area contributed by atoms with Crippen LogP contribution in [0.4, 0.5) is 0 Å². The number of aromatic hydroxyl groups is 2. The molecule has 2 aromatic carbocycles. The Balaban J connectivity index is 0.561. The number of ether oxygens (including phenoxy) is 7. The third-order valence-corrected chi connectivity index (χ3v) is 18.1. The lowest BCUT2D eigenvalue weighted by Gasteiger charge is -2.53. The van der Waals surface area contributed by atoms with Crippen LogP contribution >= 0.6 is 0 Å². The zero-order valence-electron chi connectivity index (χ0n) is 39.8. The third-order valence-electron chi connectivity index (χ3n) is 18.1. The first kappa shape index (κ1) is 49.1. The lowest BCUT2D eigenvalue weighted by atomic mass is 9.53. The maximum Gasteiger partial charge on any atom is 0.115 e. The average molecular weight is 907 g/mol. The maximum atomic E-state index is 12.0. The van der Waals surface area contributed by atoms with Gasteiger partial charge in [-0.2, -0.15) is 0 Å². The summed E-state index contributed by atoms with van der Waals surface area (Å²) in [6.07, 6.45) is 16.0. The summed E-state index contributed by atoms with van der Waals surface area (Å²) in [7, 11) is 0. The maximum absolute atomic E-state index is 12.0. The van der Waals surface area contributed by atoms with Crippen molar-refractivity contribution < 1.29 is 53.6 Å². The van der Waals surface area contributed by atoms with E-state index in [2.05, 4.69) is 26.0 Å². The van der Waals surface area contributed by atoms with Crippen molar-refractivity contribution >= 4 is 0 Å². The van der Waals surface area contributed by atoms with Gasteiger partial charge in [0.15, 0.2) is 0 Å². The number of phenols is 2. The van der Waals surface area contributed by atoms with Gasteiger partial charge in [-0.15, -0.1) is 0 Å². The van der Waals surface area contributed by atoms with Crippen molar-refractivity contribution in [2.45, 2.75) is 140 Å². The molecule has 0 amide bonds. The van der Waals surface area contributed by atoms with E-state index in [4.69, 9.17) is 33.2 Å². The molecule has 2 aromatic rings. The minimum atomic E-state index is -0.622. The highest BCUT2D eigenvalue weighted by atomic mass is 16.6. The molecule has 4 saturated carbocycles. The van der Waals surface area contributed by atoms with Crippen LogP contribution in [0.3, 0.4) is 0 Å². The summed E-state index contributed by atoms with van der Waals surface area (Å²) in [5, 5.41) is 43.9. The van der Waals surface area contributed by atoms with Gasteiger partial charge in [0, 0.05) is 13.2 Å². The van der Waals surface area contributed by atoms with Gasteiger partial charge in [0.1, 0.15) is 11.5 Å². The van der Waals surface area contributed by atoms with E-state index in [-0.39, 0.29) is 10.8 Å². The normalized spacial score (nSPS) is 33.5. The smallest absolute Gasteiger partial charge is 0.115 e. The Morgan fingerprint density at radius 3 is 1.14 bits per heavy atom. The van der Waals surface area contributed by atoms with Crippen LogP contribution in [-0.4, -0.2) is 124 Å². The summed E-state index contributed by atoms with van der Waals surface area (Å²) in [4.78, 5) is 0. The quantitative estimate of drug-likeness (QED) is 0.0674. The lowest BCUT2D eigenvalue weighted by Crippen LogP contribution is -2.50. The molecule has 0 aliphatic heterocycles. The van der Waals surface area contributed by atoms with E-state index in [1.807, 2.05) is 24.3 Å². The number of aryl methyl sites for hydroxylation is 2. The SMILES string of the molecule is C[C@]12CC[C@@H]3c4ccc(O)cc4CC[C@H]3[C@@H]1CC[C@@]2(O)CCCOCCOCCOCCOCCOCCOCCOCCC[C@]1(O)CC[C@H]2[C@@H]3CCc4cc(O)ccc4[C@H]3CC[C@@]21C. The molecule has 0 saturated heterocycles. The Morgan fingerprint density at radius 1 is 0.446 bits per heavy atom. The summed E-state index contributed by atoms with van der Waals surface area (Å²) in [6.45, 7) is 12.2. The van der Waals surface area contributed by atoms with Gasteiger partial charge in [-0.3, -0.25) is 0 Å². The first-order valence-corrected chi connectivity index (χ1v) is 25.7. The van der Waals surface area contributed by atoms with Gasteiger partial charge < -0.3 is 53.6 Å². The Kier molecular flexibility index (Phi) is 16.9. The van der Waals surface area contributed by atoms with Crippen molar-refractivity contribution in [2.24, 2.45) is 34.5 Å². The first-order chi connectivity index (χ1) is 31.6. The monoisotopic (exact) mass is 907 g/mol. The fraction of sp³-hybridized carbons (Fsp3) is 0.778. The van der Waals surface area contributed by atoms with Gasteiger partial charge in [-0.25, -0.2) is 0 Å². The van der Waals surface area contributed by atoms with Crippen molar-refractivity contribution in [3.05, 3.63) is 58.7 Å². The highest BCUT2D eigenvalue weighted by Gasteiger charge is 2.62. The van der Waals surface area contributed by atoms with Gasteiger partial charge in [0.25, 0.3) is 0 Å². The fourth-order valence-electron chi connectivity index (χ4n) is 14.5. The number of hydrogen-bond donors (Lipinski definition) is 4. The van der Waals surface area contributed by atoms with E-state index in [0.717, 1.165) is 103 Å². The topological polar surface area (TPSA) is 146 Å². The molecule has 6 aliphatic carbocycles. The molecule has 0 heterocycles. The Hall–Kier alpha value is -2.32. The number of aliphatic hydroxyl groups is 2. The second-order valence-electron chi connectivity index (χ2n) is 21.1. The first-order valence-electron chi connectivity index (χ1n) is 25.7. The van der Waals surface area contributed by atoms with E-state index in [1.54, 1.807) is 0 Å². The zero-order valence-corrected chi connectivity index (χ0v) is 39.8. The molecule has 4 fully saturated rings. The zero-order chi connectivity index (χ0) is 45.3. The molecule has 65 heavy (non-hydrogen) atoms. The average Bonchev–Trinajstić information content (AvgIpc) is 3.73. The Morgan fingerprint density at radius 2 is 0.785 bits per heavy atom. The number of phenolic OH excluding ortho intramolecular Hbond substituents is 2. The van der Waals surface area contributed by atoms with Crippen LogP contribution in [0.1, 0.15) is 138 Å². The van der Waals surface area contributed by atoms with Gasteiger partial charge in [-0.05, 0) is 196 Å². The highest BCUT2D eigenvalue weighted by molar-refractivity contribution is 5.41. The fourth-order valence-corrected chi connectivity index (χ4v) is 14.5. The van der Waals surface area contributed by atoms with Crippen LogP contribution < -0.4 is 0 Å². The molecule has 0 spiro atoms. The predicted octanol–water partition coefficient (Wildman–Crippen LogP) is 8.65. The van der Waals surface area contributed by atoms with Crippen LogP contribution in [0, 0.1) is 34.5 Å². The van der Waals surface area contributed by atoms with Gasteiger partial charge >= 0.3 is 0 Å². The van der Waals surface area contributed by atoms with E-state index in [9.17, 15) is 20.4 Å². The number of benzene rings is 2. The third kappa shape index (κ3) is 10.9. The summed E-state index contributed by atoms with van der Waals surface area (Å²) < 4.78 is 40.0. The molecule has 4 N–H and O–H groups in total. The van der Waals surface area contributed by atoms with Crippen molar-refractivity contribution in [1.29, 1.82) is 0 Å². The Bertz CT molecular complexity index is 1680. The minimum absolute atomic E-state index is 0.0385. The summed E-state index contributed by atoms with van der Waals surface area (Å²) >= 11 is 0. The van der Waals surface area contributed by atoms with Crippen molar-refractivity contribution in [2.75, 3.05) is 92.5 Å². The second-order valence-corrected chi connectivity index (χ2v) is 21.1. The lowest BCUT2D eigenvalue weighted by molar-refractivity contribution is -0.110. The van der Waals surface area contributed by atoms with Crippen LogP contribution in [0.25, 0.3) is 0 Å². The molecule has 10 atom stereocenters. The van der Waals surface area contributed by atoms with Crippen molar-refractivity contribution in [3.63, 3.8) is 0 Å². The van der Waals surface area contributed by atoms with Gasteiger partial charge in [-0.1, -0.05) is 26.0 Å². The molecule has 0 bridgehead atoms. The largest absolute Gasteiger partial charge is 0.508 e. The molecule has 0 radical (unpaired) electrons. The summed E-state index contributed by atoms with van der Waals surface area (Å²) in [5.41, 5.74) is 4.20. The van der Waals surface area contributed by atoms with Crippen molar-refractivity contribution in [1.82, 2.24) is 0 Å². The molecule has 0 aromatic heterocycles. The molecule has 364 valence electrons. The van der Waals surface area contributed by atoms with E-state index >= 15 is 0 Å². The number of rotatable bonds is 26. The minimum Gasteiger partial charge on any atom is -0.508 e. The number of fused-ring (bicyclic) bond motifs is 10. The molecule has 11 nitrogen and oxygen atoms in total. The molecule has 8 rings (SSSR count). The van der Waals surface area contributed by atoms with Gasteiger partial charge in [0.2, 0.25) is 0 Å². The van der Waals surface area contributed by atoms with Crippen LogP contribution in [-0.2, 0) is 46.0 Å². The van der Waals surface area contributed by atoms with Crippen LogP contribution in [0.5, 0.6) is 11.5 Å². The van der Waals surface area contributed by atoms with E-state index in [1.165, 1.54) is 22.3 Å². The molecular weight excluding hydrogens is 825 g/mol. The molecular formula is C54H82O11. The highest BCUT2D eigenvalue weighted by Crippen LogP contribution is 2.66. The molecule has 11 heteroatoms. The van der Waals surface area contributed by atoms with Gasteiger partial charge in [0.05, 0.1) is 90.5 Å². The van der Waals surface area contributed by atoms with E-state index < -0.39 is 11.2 Å². The van der Waals surface area contributed by atoms with Crippen molar-refractivity contribution in [3.8, 4) is 11.5 Å². The number of hydrogen-bond acceptors (Lipinski definition) is 11. The Labute approximate surface area is 389 Å². The molecule has 0 unspecified atom stereocenters. The van der Waals surface area contributed by atoms with Crippen LogP contribution in [0.15, 0.2) is 36.4 Å². The second kappa shape index (κ2) is 22.4. The standard InChI is InChI=1S/C54H82O11/c1-51-19-13-45-43-11-7-41(55)37-39(43)5-9-47(45)49(51)15-21-53(51,57)17-3-23-59-25-27-61-29-31-63-33-35-65-36-34-64-32-30-62-28-26-60-24-4-18-54(58)22-16-50-48-10-6-40-38-42(56)8-12-44(40)46(48)14-20-52(50,54)2/h7-8,11-12,37-38,45-50,55-58H,3-6,9-10,13-36H2,1-2H3/t45-,46-,47-,48-,49+,50+,51+,52+,53+,54+/m1/s1. The summed E-state index contributed by atoms with van der Waals surface area (Å²) in [5.74, 6) is 4.22. The predicted molar refractivity (Wildman–Crippen MR) is 250 cm³/mol. The molecule has 6 aliphatic rings.